The lowest BCUT2D eigenvalue weighted by Crippen LogP contribution is -1.93. The quantitative estimate of drug-likeness (QED) is 0.761. The van der Waals surface area contributed by atoms with Gasteiger partial charge < -0.3 is 9.52 Å². The lowest BCUT2D eigenvalue weighted by molar-refractivity contribution is 0.0663. The zero-order valence-electron chi connectivity index (χ0n) is 7.34. The molecule has 0 fully saturated rings. The average Bonchev–Trinajstić information content (AvgIpc) is 2.71. The number of hydrogen-bond donors (Lipinski definition) is 1. The van der Waals surface area contributed by atoms with Crippen molar-refractivity contribution in [2.24, 2.45) is 7.05 Å². The smallest absolute Gasteiger partial charge is 0.371 e. The molecule has 0 aliphatic rings. The standard InChI is InChI=1S/C8H7N3O3/c1-11-5(4-9-10-11)6-2-3-7(14-6)8(12)13/h2-4H,1H3,(H,12,13). The third kappa shape index (κ3) is 1.26. The molecule has 0 saturated carbocycles. The van der Waals surface area contributed by atoms with Gasteiger partial charge in [0.15, 0.2) is 5.76 Å². The van der Waals surface area contributed by atoms with Gasteiger partial charge in [0.25, 0.3) is 0 Å². The zero-order chi connectivity index (χ0) is 10.1. The van der Waals surface area contributed by atoms with Gasteiger partial charge >= 0.3 is 5.97 Å². The van der Waals surface area contributed by atoms with Gasteiger partial charge in [0, 0.05) is 7.05 Å². The van der Waals surface area contributed by atoms with E-state index in [2.05, 4.69) is 10.3 Å². The van der Waals surface area contributed by atoms with Crippen molar-refractivity contribution in [2.75, 3.05) is 0 Å². The molecular weight excluding hydrogens is 186 g/mol. The minimum Gasteiger partial charge on any atom is -0.475 e. The number of aromatic carboxylic acids is 1. The van der Waals surface area contributed by atoms with Crippen LogP contribution < -0.4 is 0 Å². The summed E-state index contributed by atoms with van der Waals surface area (Å²) in [4.78, 5) is 10.5. The number of hydrogen-bond acceptors (Lipinski definition) is 4. The molecule has 0 unspecified atom stereocenters. The summed E-state index contributed by atoms with van der Waals surface area (Å²) >= 11 is 0. The molecule has 14 heavy (non-hydrogen) atoms. The number of carbonyl (C=O) groups is 1. The highest BCUT2D eigenvalue weighted by molar-refractivity contribution is 5.85. The minimum atomic E-state index is -1.09. The lowest BCUT2D eigenvalue weighted by Gasteiger charge is -1.94. The van der Waals surface area contributed by atoms with E-state index in [9.17, 15) is 4.79 Å². The summed E-state index contributed by atoms with van der Waals surface area (Å²) in [6.45, 7) is 0. The summed E-state index contributed by atoms with van der Waals surface area (Å²) in [6.07, 6.45) is 1.50. The van der Waals surface area contributed by atoms with Crippen LogP contribution in [-0.4, -0.2) is 26.1 Å². The van der Waals surface area contributed by atoms with Crippen LogP contribution in [0.4, 0.5) is 0 Å². The number of rotatable bonds is 2. The van der Waals surface area contributed by atoms with Crippen LogP contribution in [0.1, 0.15) is 10.6 Å². The molecule has 1 N–H and O–H groups in total. The summed E-state index contributed by atoms with van der Waals surface area (Å²) in [5.41, 5.74) is 0.637. The molecule has 0 radical (unpaired) electrons. The van der Waals surface area contributed by atoms with Gasteiger partial charge in [0.1, 0.15) is 5.69 Å². The van der Waals surface area contributed by atoms with Gasteiger partial charge in [-0.25, -0.2) is 9.48 Å². The molecule has 72 valence electrons. The van der Waals surface area contributed by atoms with Gasteiger partial charge in [-0.1, -0.05) is 5.21 Å². The van der Waals surface area contributed by atoms with Gasteiger partial charge in [-0.2, -0.15) is 0 Å². The highest BCUT2D eigenvalue weighted by Crippen LogP contribution is 2.20. The van der Waals surface area contributed by atoms with E-state index in [1.807, 2.05) is 0 Å². The Balaban J connectivity index is 2.43. The first-order valence-electron chi connectivity index (χ1n) is 3.86. The topological polar surface area (TPSA) is 81.2 Å². The Labute approximate surface area is 78.8 Å². The van der Waals surface area contributed by atoms with Crippen molar-refractivity contribution >= 4 is 5.97 Å². The number of nitrogens with zero attached hydrogens (tertiary/aromatic N) is 3. The van der Waals surface area contributed by atoms with E-state index < -0.39 is 5.97 Å². The Morgan fingerprint density at radius 2 is 2.36 bits per heavy atom. The van der Waals surface area contributed by atoms with E-state index >= 15 is 0 Å². The van der Waals surface area contributed by atoms with E-state index in [0.717, 1.165) is 0 Å². The second-order valence-electron chi connectivity index (χ2n) is 2.71. The molecule has 2 aromatic rings. The normalized spacial score (nSPS) is 10.4. The summed E-state index contributed by atoms with van der Waals surface area (Å²) < 4.78 is 6.57. The van der Waals surface area contributed by atoms with Gasteiger partial charge in [0.05, 0.1) is 6.20 Å². The molecular formula is C8H7N3O3. The number of furan rings is 1. The van der Waals surface area contributed by atoms with Gasteiger partial charge in [-0.3, -0.25) is 0 Å². The van der Waals surface area contributed by atoms with Crippen LogP contribution >= 0.6 is 0 Å². The Morgan fingerprint density at radius 1 is 1.57 bits per heavy atom. The van der Waals surface area contributed by atoms with Gasteiger partial charge in [-0.15, -0.1) is 5.10 Å². The number of carboxylic acid groups (broad SMARTS) is 1. The number of carboxylic acids is 1. The largest absolute Gasteiger partial charge is 0.475 e. The second-order valence-corrected chi connectivity index (χ2v) is 2.71. The molecule has 0 aliphatic carbocycles. The highest BCUT2D eigenvalue weighted by atomic mass is 16.4. The minimum absolute atomic E-state index is 0.0961. The van der Waals surface area contributed by atoms with E-state index in [4.69, 9.17) is 9.52 Å². The molecule has 6 heteroatoms. The molecule has 0 bridgehead atoms. The molecule has 2 heterocycles. The molecule has 0 spiro atoms. The monoisotopic (exact) mass is 193 g/mol. The van der Waals surface area contributed by atoms with Crippen molar-refractivity contribution in [3.05, 3.63) is 24.1 Å². The van der Waals surface area contributed by atoms with Crippen LogP contribution in [0.25, 0.3) is 11.5 Å². The fourth-order valence-electron chi connectivity index (χ4n) is 1.10. The first-order chi connectivity index (χ1) is 6.68. The maximum absolute atomic E-state index is 10.5. The predicted octanol–water partition coefficient (Wildman–Crippen LogP) is 0.773. The van der Waals surface area contributed by atoms with E-state index in [0.29, 0.717) is 11.5 Å². The third-order valence-corrected chi connectivity index (χ3v) is 1.78. The summed E-state index contributed by atoms with van der Waals surface area (Å²) in [5.74, 6) is -0.748. The van der Waals surface area contributed by atoms with Crippen molar-refractivity contribution < 1.29 is 14.3 Å². The van der Waals surface area contributed by atoms with Crippen LogP contribution in [0.15, 0.2) is 22.7 Å². The maximum Gasteiger partial charge on any atom is 0.371 e. The Hall–Kier alpha value is -2.11. The Kier molecular flexibility index (Phi) is 1.81. The van der Waals surface area contributed by atoms with Crippen LogP contribution in [0.3, 0.4) is 0 Å². The summed E-state index contributed by atoms with van der Waals surface area (Å²) in [7, 11) is 1.70. The molecule has 0 aromatic carbocycles. The van der Waals surface area contributed by atoms with Crippen molar-refractivity contribution in [1.29, 1.82) is 0 Å². The molecule has 0 saturated heterocycles. The third-order valence-electron chi connectivity index (χ3n) is 1.78. The molecule has 2 aromatic heterocycles. The maximum atomic E-state index is 10.5. The first-order valence-corrected chi connectivity index (χ1v) is 3.86. The van der Waals surface area contributed by atoms with E-state index in [1.54, 1.807) is 13.1 Å². The number of aryl methyl sites for hydroxylation is 1. The van der Waals surface area contributed by atoms with Crippen LogP contribution in [0, 0.1) is 0 Å². The summed E-state index contributed by atoms with van der Waals surface area (Å²) in [5, 5.41) is 16.0. The average molecular weight is 193 g/mol. The van der Waals surface area contributed by atoms with Crippen molar-refractivity contribution in [1.82, 2.24) is 15.0 Å². The fourth-order valence-corrected chi connectivity index (χ4v) is 1.10. The molecule has 6 nitrogen and oxygen atoms in total. The highest BCUT2D eigenvalue weighted by Gasteiger charge is 2.12. The summed E-state index contributed by atoms with van der Waals surface area (Å²) in [6, 6.07) is 2.97. The Morgan fingerprint density at radius 3 is 2.86 bits per heavy atom. The van der Waals surface area contributed by atoms with E-state index in [1.165, 1.54) is 16.9 Å². The lowest BCUT2D eigenvalue weighted by atomic mass is 10.3. The molecule has 0 amide bonds. The fraction of sp³-hybridized carbons (Fsp3) is 0.125. The predicted molar refractivity (Wildman–Crippen MR) is 45.7 cm³/mol. The van der Waals surface area contributed by atoms with Crippen LogP contribution in [0.5, 0.6) is 0 Å². The van der Waals surface area contributed by atoms with Crippen LogP contribution in [0.2, 0.25) is 0 Å². The zero-order valence-corrected chi connectivity index (χ0v) is 7.34. The van der Waals surface area contributed by atoms with Crippen LogP contribution in [-0.2, 0) is 7.05 Å². The van der Waals surface area contributed by atoms with Crippen molar-refractivity contribution in [2.45, 2.75) is 0 Å². The SMILES string of the molecule is Cn1nncc1-c1ccc(C(=O)O)o1. The van der Waals surface area contributed by atoms with Crippen molar-refractivity contribution in [3.8, 4) is 11.5 Å². The van der Waals surface area contributed by atoms with Gasteiger partial charge in [0.2, 0.25) is 5.76 Å². The molecule has 0 atom stereocenters. The molecule has 0 aliphatic heterocycles. The first kappa shape index (κ1) is 8.49. The second kappa shape index (κ2) is 2.99. The Bertz CT molecular complexity index is 472. The molecule has 2 rings (SSSR count). The van der Waals surface area contributed by atoms with E-state index in [-0.39, 0.29) is 5.76 Å². The number of aromatic nitrogens is 3. The van der Waals surface area contributed by atoms with Gasteiger partial charge in [-0.05, 0) is 12.1 Å². The van der Waals surface area contributed by atoms with Crippen molar-refractivity contribution in [3.63, 3.8) is 0 Å².